The number of hydrogen-bond acceptors (Lipinski definition) is 2. The van der Waals surface area contributed by atoms with Gasteiger partial charge >= 0.3 is 0 Å². The summed E-state index contributed by atoms with van der Waals surface area (Å²) in [6.45, 7) is 0.564. The van der Waals surface area contributed by atoms with Crippen molar-refractivity contribution in [2.45, 2.75) is 5.92 Å². The van der Waals surface area contributed by atoms with Crippen LogP contribution in [0.1, 0.15) is 17.0 Å². The largest absolute Gasteiger partial charge is 0.317 e. The Balaban J connectivity index is 2.21. The summed E-state index contributed by atoms with van der Waals surface area (Å²) in [6.07, 6.45) is 0. The van der Waals surface area contributed by atoms with Crippen molar-refractivity contribution in [2.75, 3.05) is 6.54 Å². The van der Waals surface area contributed by atoms with E-state index in [1.807, 2.05) is 0 Å². The lowest BCUT2D eigenvalue weighted by atomic mass is 9.97. The monoisotopic (exact) mass is 211 g/mol. The molecule has 0 amide bonds. The number of rotatable bonds is 2. The summed E-state index contributed by atoms with van der Waals surface area (Å²) in [5.74, 6) is 0.261. The van der Waals surface area contributed by atoms with Crippen molar-refractivity contribution in [3.63, 3.8) is 0 Å². The molecule has 0 fully saturated rings. The minimum atomic E-state index is 0.261. The van der Waals surface area contributed by atoms with E-state index in [0.717, 1.165) is 0 Å². The van der Waals surface area contributed by atoms with Crippen LogP contribution in [0.4, 0.5) is 0 Å². The van der Waals surface area contributed by atoms with E-state index in [9.17, 15) is 0 Å². The second kappa shape index (κ2) is 3.74. The molecule has 2 N–H and O–H groups in total. The highest BCUT2D eigenvalue weighted by atomic mass is 16.5. The highest BCUT2D eigenvalue weighted by Crippen LogP contribution is 2.43. The van der Waals surface area contributed by atoms with Crippen LogP contribution >= 0.6 is 0 Å². The van der Waals surface area contributed by atoms with Crippen LogP contribution in [0, 0.1) is 0 Å². The van der Waals surface area contributed by atoms with Gasteiger partial charge in [-0.1, -0.05) is 48.5 Å². The molecule has 1 aliphatic rings. The van der Waals surface area contributed by atoms with E-state index in [1.165, 1.54) is 22.3 Å². The first kappa shape index (κ1) is 9.58. The Kier molecular flexibility index (Phi) is 2.24. The van der Waals surface area contributed by atoms with Crippen molar-refractivity contribution in [1.82, 2.24) is 5.48 Å². The molecule has 2 nitrogen and oxygen atoms in total. The van der Waals surface area contributed by atoms with Gasteiger partial charge in [0, 0.05) is 12.5 Å². The number of hydroxylamine groups is 1. The lowest BCUT2D eigenvalue weighted by molar-refractivity contribution is 0.164. The average molecular weight is 211 g/mol. The lowest BCUT2D eigenvalue weighted by Gasteiger charge is -2.11. The summed E-state index contributed by atoms with van der Waals surface area (Å²) in [6, 6.07) is 16.8. The first-order chi connectivity index (χ1) is 7.92. The van der Waals surface area contributed by atoms with Crippen molar-refractivity contribution < 1.29 is 5.21 Å². The molecule has 0 bridgehead atoms. The topological polar surface area (TPSA) is 32.3 Å². The van der Waals surface area contributed by atoms with Crippen molar-refractivity contribution in [3.05, 3.63) is 59.7 Å². The third-order valence-electron chi connectivity index (χ3n) is 3.26. The minimum Gasteiger partial charge on any atom is -0.317 e. The molecular weight excluding hydrogens is 198 g/mol. The van der Waals surface area contributed by atoms with Gasteiger partial charge in [-0.2, -0.15) is 0 Å². The van der Waals surface area contributed by atoms with Gasteiger partial charge in [0.05, 0.1) is 0 Å². The fourth-order valence-electron chi connectivity index (χ4n) is 2.57. The van der Waals surface area contributed by atoms with E-state index in [-0.39, 0.29) is 5.92 Å². The van der Waals surface area contributed by atoms with Gasteiger partial charge < -0.3 is 5.21 Å². The zero-order chi connectivity index (χ0) is 11.0. The van der Waals surface area contributed by atoms with Crippen LogP contribution in [0.3, 0.4) is 0 Å². The third kappa shape index (κ3) is 1.28. The van der Waals surface area contributed by atoms with Gasteiger partial charge in [-0.15, -0.1) is 0 Å². The fourth-order valence-corrected chi connectivity index (χ4v) is 2.57. The molecule has 0 heterocycles. The standard InChI is InChI=1S/C14H13NO/c16-15-9-14-12-7-3-1-5-10(12)11-6-2-4-8-13(11)14/h1-8,14-16H,9H2. The first-order valence-corrected chi connectivity index (χ1v) is 5.47. The van der Waals surface area contributed by atoms with Gasteiger partial charge in [0.25, 0.3) is 0 Å². The highest BCUT2D eigenvalue weighted by molar-refractivity contribution is 5.78. The van der Waals surface area contributed by atoms with Gasteiger partial charge in [-0.3, -0.25) is 0 Å². The van der Waals surface area contributed by atoms with E-state index < -0.39 is 0 Å². The van der Waals surface area contributed by atoms with Gasteiger partial charge in [0.2, 0.25) is 0 Å². The van der Waals surface area contributed by atoms with Crippen LogP contribution in [0.2, 0.25) is 0 Å². The molecule has 0 aromatic heterocycles. The Labute approximate surface area is 94.5 Å². The van der Waals surface area contributed by atoms with E-state index in [4.69, 9.17) is 5.21 Å². The summed E-state index contributed by atoms with van der Waals surface area (Å²) >= 11 is 0. The van der Waals surface area contributed by atoms with Crippen LogP contribution in [0.5, 0.6) is 0 Å². The molecule has 3 rings (SSSR count). The van der Waals surface area contributed by atoms with E-state index in [0.29, 0.717) is 6.54 Å². The van der Waals surface area contributed by atoms with Gasteiger partial charge in [-0.05, 0) is 22.3 Å². The lowest BCUT2D eigenvalue weighted by Crippen LogP contribution is -2.16. The Hall–Kier alpha value is -1.64. The molecule has 1 aliphatic carbocycles. The Morgan fingerprint density at radius 2 is 1.38 bits per heavy atom. The molecular formula is C14H13NO. The van der Waals surface area contributed by atoms with Gasteiger partial charge in [0.1, 0.15) is 0 Å². The molecule has 0 saturated heterocycles. The zero-order valence-corrected chi connectivity index (χ0v) is 8.85. The number of fused-ring (bicyclic) bond motifs is 3. The van der Waals surface area contributed by atoms with Crippen molar-refractivity contribution >= 4 is 0 Å². The second-order valence-corrected chi connectivity index (χ2v) is 4.09. The van der Waals surface area contributed by atoms with Crippen LogP contribution in [0.15, 0.2) is 48.5 Å². The molecule has 0 aliphatic heterocycles. The average Bonchev–Trinajstić information content (AvgIpc) is 2.66. The van der Waals surface area contributed by atoms with Crippen molar-refractivity contribution in [1.29, 1.82) is 0 Å². The van der Waals surface area contributed by atoms with Crippen molar-refractivity contribution in [3.8, 4) is 11.1 Å². The zero-order valence-electron chi connectivity index (χ0n) is 8.85. The number of benzene rings is 2. The van der Waals surface area contributed by atoms with Crippen LogP contribution in [-0.2, 0) is 0 Å². The molecule has 2 aromatic carbocycles. The molecule has 0 spiro atoms. The second-order valence-electron chi connectivity index (χ2n) is 4.09. The van der Waals surface area contributed by atoms with Crippen LogP contribution in [0.25, 0.3) is 11.1 Å². The quantitative estimate of drug-likeness (QED) is 0.749. The Morgan fingerprint density at radius 3 is 1.88 bits per heavy atom. The van der Waals surface area contributed by atoms with E-state index >= 15 is 0 Å². The summed E-state index contributed by atoms with van der Waals surface area (Å²) in [5, 5.41) is 8.93. The predicted molar refractivity (Wildman–Crippen MR) is 63.5 cm³/mol. The van der Waals surface area contributed by atoms with Crippen molar-refractivity contribution in [2.24, 2.45) is 0 Å². The van der Waals surface area contributed by atoms with Crippen LogP contribution < -0.4 is 5.48 Å². The molecule has 16 heavy (non-hydrogen) atoms. The molecule has 2 aromatic rings. The maximum atomic E-state index is 8.93. The van der Waals surface area contributed by atoms with Gasteiger partial charge in [0.15, 0.2) is 0 Å². The normalized spacial score (nSPS) is 13.6. The molecule has 0 radical (unpaired) electrons. The predicted octanol–water partition coefficient (Wildman–Crippen LogP) is 2.78. The van der Waals surface area contributed by atoms with Crippen LogP contribution in [-0.4, -0.2) is 11.8 Å². The smallest absolute Gasteiger partial charge is 0.0317 e. The van der Waals surface area contributed by atoms with E-state index in [2.05, 4.69) is 54.0 Å². The molecule has 0 saturated carbocycles. The SMILES string of the molecule is ONCC1c2ccccc2-c2ccccc21. The molecule has 2 heteroatoms. The minimum absolute atomic E-state index is 0.261. The molecule has 80 valence electrons. The number of hydrogen-bond donors (Lipinski definition) is 2. The molecule has 0 atom stereocenters. The summed E-state index contributed by atoms with van der Waals surface area (Å²) in [7, 11) is 0. The Morgan fingerprint density at radius 1 is 0.875 bits per heavy atom. The van der Waals surface area contributed by atoms with Gasteiger partial charge in [-0.25, -0.2) is 5.48 Å². The van der Waals surface area contributed by atoms with E-state index in [1.54, 1.807) is 0 Å². The number of nitrogens with one attached hydrogen (secondary N) is 1. The third-order valence-corrected chi connectivity index (χ3v) is 3.26. The molecule has 0 unspecified atom stereocenters. The highest BCUT2D eigenvalue weighted by Gasteiger charge is 2.27. The fraction of sp³-hybridized carbons (Fsp3) is 0.143. The first-order valence-electron chi connectivity index (χ1n) is 5.47. The maximum absolute atomic E-state index is 8.93. The summed E-state index contributed by atoms with van der Waals surface area (Å²) < 4.78 is 0. The summed E-state index contributed by atoms with van der Waals surface area (Å²) in [4.78, 5) is 0. The Bertz CT molecular complexity index is 476. The summed E-state index contributed by atoms with van der Waals surface area (Å²) in [5.41, 5.74) is 7.46. The maximum Gasteiger partial charge on any atom is 0.0317 e.